The van der Waals surface area contributed by atoms with E-state index in [-0.39, 0.29) is 17.8 Å². The quantitative estimate of drug-likeness (QED) is 0.545. The third kappa shape index (κ3) is 3.49. The summed E-state index contributed by atoms with van der Waals surface area (Å²) in [5, 5.41) is 0. The number of allylic oxidation sites excluding steroid dienone is 3. The van der Waals surface area contributed by atoms with Crippen LogP contribution in [0.5, 0.6) is 0 Å². The average Bonchev–Trinajstić information content (AvgIpc) is 2.17. The Morgan fingerprint density at radius 1 is 1.44 bits per heavy atom. The maximum Gasteiger partial charge on any atom is 0.346 e. The van der Waals surface area contributed by atoms with Crippen molar-refractivity contribution in [2.24, 2.45) is 5.41 Å². The maximum absolute atomic E-state index is 11.4. The molecule has 0 aromatic carbocycles. The molecule has 0 aliphatic heterocycles. The molecule has 0 unspecified atom stereocenters. The second-order valence-corrected chi connectivity index (χ2v) is 4.99. The lowest BCUT2D eigenvalue weighted by Crippen LogP contribution is -2.15. The predicted octanol–water partition coefficient (Wildman–Crippen LogP) is 3.17. The molecule has 0 amide bonds. The highest BCUT2D eigenvalue weighted by atomic mass is 17.2. The highest BCUT2D eigenvalue weighted by Gasteiger charge is 2.23. The van der Waals surface area contributed by atoms with E-state index in [1.807, 2.05) is 6.08 Å². The fraction of sp³-hybridized carbons (Fsp3) is 0.615. The number of carbonyl (C=O) groups is 1. The van der Waals surface area contributed by atoms with E-state index >= 15 is 0 Å². The highest BCUT2D eigenvalue weighted by Crippen LogP contribution is 2.35. The van der Waals surface area contributed by atoms with Crippen LogP contribution in [0.1, 0.15) is 40.0 Å². The van der Waals surface area contributed by atoms with Crippen molar-refractivity contribution in [3.63, 3.8) is 0 Å². The summed E-state index contributed by atoms with van der Waals surface area (Å²) < 4.78 is 0. The normalized spacial score (nSPS) is 16.5. The van der Waals surface area contributed by atoms with Gasteiger partial charge in [0, 0.05) is 0 Å². The summed E-state index contributed by atoms with van der Waals surface area (Å²) in [4.78, 5) is 20.2. The van der Waals surface area contributed by atoms with Crippen LogP contribution in [0, 0.1) is 5.41 Å². The molecule has 0 radical (unpaired) electrons. The molecule has 16 heavy (non-hydrogen) atoms. The summed E-state index contributed by atoms with van der Waals surface area (Å²) in [6, 6.07) is 0. The van der Waals surface area contributed by atoms with Crippen LogP contribution in [0.25, 0.3) is 0 Å². The van der Waals surface area contributed by atoms with Gasteiger partial charge in [0.25, 0.3) is 0 Å². The number of hydrogen-bond donors (Lipinski definition) is 0. The fourth-order valence-electron chi connectivity index (χ4n) is 2.01. The topological polar surface area (TPSA) is 35.5 Å². The molecule has 1 aliphatic carbocycles. The Bertz CT molecular complexity index is 319. The minimum atomic E-state index is -0.342. The van der Waals surface area contributed by atoms with Crippen molar-refractivity contribution in [1.29, 1.82) is 0 Å². The molecule has 0 aromatic heterocycles. The van der Waals surface area contributed by atoms with Gasteiger partial charge in [0.2, 0.25) is 0 Å². The Morgan fingerprint density at radius 2 is 2.12 bits per heavy atom. The van der Waals surface area contributed by atoms with Crippen molar-refractivity contribution in [3.05, 3.63) is 23.3 Å². The Morgan fingerprint density at radius 3 is 2.69 bits per heavy atom. The van der Waals surface area contributed by atoms with Gasteiger partial charge in [-0.15, -0.1) is 0 Å². The Labute approximate surface area is 97.1 Å². The Hall–Kier alpha value is -1.09. The van der Waals surface area contributed by atoms with Gasteiger partial charge in [-0.1, -0.05) is 38.5 Å². The zero-order valence-corrected chi connectivity index (χ0v) is 10.5. The molecule has 3 nitrogen and oxygen atoms in total. The molecular weight excluding hydrogens is 204 g/mol. The van der Waals surface area contributed by atoms with E-state index in [2.05, 4.69) is 36.6 Å². The van der Waals surface area contributed by atoms with Gasteiger partial charge >= 0.3 is 5.97 Å². The van der Waals surface area contributed by atoms with Crippen molar-refractivity contribution >= 4 is 5.97 Å². The van der Waals surface area contributed by atoms with Crippen molar-refractivity contribution in [3.8, 4) is 0 Å². The van der Waals surface area contributed by atoms with E-state index in [1.54, 1.807) is 0 Å². The van der Waals surface area contributed by atoms with Gasteiger partial charge < -0.3 is 0 Å². The number of hydrogen-bond acceptors (Lipinski definition) is 3. The minimum Gasteiger partial charge on any atom is -0.298 e. The third-order valence-electron chi connectivity index (χ3n) is 2.68. The van der Waals surface area contributed by atoms with Gasteiger partial charge in [0.05, 0.1) is 13.5 Å². The van der Waals surface area contributed by atoms with Gasteiger partial charge in [0.1, 0.15) is 0 Å². The lowest BCUT2D eigenvalue weighted by molar-refractivity contribution is -0.254. The summed E-state index contributed by atoms with van der Waals surface area (Å²) in [7, 11) is 1.34. The van der Waals surface area contributed by atoms with Gasteiger partial charge in [0.15, 0.2) is 0 Å². The van der Waals surface area contributed by atoms with Crippen LogP contribution in [0.15, 0.2) is 23.3 Å². The van der Waals surface area contributed by atoms with E-state index in [4.69, 9.17) is 0 Å². The van der Waals surface area contributed by atoms with E-state index < -0.39 is 0 Å². The molecular formula is C13H20O3. The number of carbonyl (C=O) groups excluding carboxylic acids is 1. The monoisotopic (exact) mass is 224 g/mol. The zero-order chi connectivity index (χ0) is 12.2. The third-order valence-corrected chi connectivity index (χ3v) is 2.68. The van der Waals surface area contributed by atoms with Crippen LogP contribution >= 0.6 is 0 Å². The van der Waals surface area contributed by atoms with Crippen molar-refractivity contribution in [2.45, 2.75) is 40.0 Å². The van der Waals surface area contributed by atoms with Gasteiger partial charge in [-0.3, -0.25) is 4.89 Å². The van der Waals surface area contributed by atoms with Crippen LogP contribution in [0.2, 0.25) is 0 Å². The van der Waals surface area contributed by atoms with Crippen LogP contribution in [0.4, 0.5) is 0 Å². The van der Waals surface area contributed by atoms with E-state index in [0.717, 1.165) is 18.4 Å². The first-order valence-corrected chi connectivity index (χ1v) is 5.57. The molecule has 0 bridgehead atoms. The second-order valence-electron chi connectivity index (χ2n) is 4.99. The molecule has 0 saturated carbocycles. The lowest BCUT2D eigenvalue weighted by Gasteiger charge is -2.27. The molecule has 0 atom stereocenters. The smallest absolute Gasteiger partial charge is 0.298 e. The summed E-state index contributed by atoms with van der Waals surface area (Å²) in [5.41, 5.74) is 2.51. The van der Waals surface area contributed by atoms with Crippen LogP contribution in [-0.2, 0) is 14.6 Å². The summed E-state index contributed by atoms with van der Waals surface area (Å²) in [6.45, 7) is 6.51. The summed E-state index contributed by atoms with van der Waals surface area (Å²) >= 11 is 0. The van der Waals surface area contributed by atoms with Crippen molar-refractivity contribution < 1.29 is 14.6 Å². The molecule has 1 aliphatic rings. The molecule has 0 heterocycles. The summed E-state index contributed by atoms with van der Waals surface area (Å²) in [5.74, 6) is -0.342. The first kappa shape index (κ1) is 13.0. The Balaban J connectivity index is 2.84. The van der Waals surface area contributed by atoms with Crippen molar-refractivity contribution in [1.82, 2.24) is 0 Å². The molecule has 3 heteroatoms. The van der Waals surface area contributed by atoms with Crippen LogP contribution in [-0.4, -0.2) is 13.1 Å². The van der Waals surface area contributed by atoms with E-state index in [0.29, 0.717) is 0 Å². The fourth-order valence-corrected chi connectivity index (χ4v) is 2.01. The SMILES string of the molecule is COOC(=O)CC1=C(C(C)(C)C)CCC=C1. The van der Waals surface area contributed by atoms with E-state index in [9.17, 15) is 4.79 Å². The first-order chi connectivity index (χ1) is 7.45. The maximum atomic E-state index is 11.4. The molecule has 0 aromatic rings. The first-order valence-electron chi connectivity index (χ1n) is 5.57. The van der Waals surface area contributed by atoms with Crippen LogP contribution < -0.4 is 0 Å². The second kappa shape index (κ2) is 5.30. The van der Waals surface area contributed by atoms with Gasteiger partial charge in [-0.05, 0) is 23.8 Å². The largest absolute Gasteiger partial charge is 0.346 e. The average molecular weight is 224 g/mol. The standard InChI is InChI=1S/C13H20O3/c1-13(2,3)11-8-6-5-7-10(11)9-12(14)16-15-4/h5,7H,6,8-9H2,1-4H3. The lowest BCUT2D eigenvalue weighted by atomic mass is 9.78. The molecule has 0 N–H and O–H groups in total. The predicted molar refractivity (Wildman–Crippen MR) is 62.6 cm³/mol. The minimum absolute atomic E-state index is 0.105. The molecule has 90 valence electrons. The number of rotatable bonds is 3. The summed E-state index contributed by atoms with van der Waals surface area (Å²) in [6.07, 6.45) is 6.49. The zero-order valence-electron chi connectivity index (χ0n) is 10.5. The molecule has 0 fully saturated rings. The van der Waals surface area contributed by atoms with Crippen LogP contribution in [0.3, 0.4) is 0 Å². The van der Waals surface area contributed by atoms with Crippen molar-refractivity contribution in [2.75, 3.05) is 7.11 Å². The molecule has 0 saturated heterocycles. The van der Waals surface area contributed by atoms with Gasteiger partial charge in [-0.25, -0.2) is 4.79 Å². The Kier molecular flexibility index (Phi) is 4.30. The molecule has 0 spiro atoms. The van der Waals surface area contributed by atoms with E-state index in [1.165, 1.54) is 12.7 Å². The highest BCUT2D eigenvalue weighted by molar-refractivity contribution is 5.73. The van der Waals surface area contributed by atoms with Gasteiger partial charge in [-0.2, -0.15) is 4.89 Å². The molecule has 1 rings (SSSR count).